The first-order chi connectivity index (χ1) is 12.6. The SMILES string of the molecule is CCCCCCCCOc1ccc(/C=C/C(=O)O)c(CCCC)c1OC. The van der Waals surface area contributed by atoms with E-state index < -0.39 is 5.97 Å². The number of methoxy groups -OCH3 is 1. The van der Waals surface area contributed by atoms with E-state index in [0.29, 0.717) is 6.61 Å². The zero-order valence-electron chi connectivity index (χ0n) is 16.6. The monoisotopic (exact) mass is 362 g/mol. The van der Waals surface area contributed by atoms with E-state index in [4.69, 9.17) is 14.6 Å². The first-order valence-corrected chi connectivity index (χ1v) is 9.87. The van der Waals surface area contributed by atoms with Crippen LogP contribution in [0.1, 0.15) is 76.3 Å². The van der Waals surface area contributed by atoms with Crippen molar-refractivity contribution in [3.63, 3.8) is 0 Å². The van der Waals surface area contributed by atoms with Gasteiger partial charge in [0.15, 0.2) is 11.5 Å². The summed E-state index contributed by atoms with van der Waals surface area (Å²) in [5.74, 6) is 0.533. The van der Waals surface area contributed by atoms with Crippen molar-refractivity contribution >= 4 is 12.0 Å². The summed E-state index contributed by atoms with van der Waals surface area (Å²) >= 11 is 0. The van der Waals surface area contributed by atoms with E-state index in [9.17, 15) is 4.79 Å². The third kappa shape index (κ3) is 7.94. The van der Waals surface area contributed by atoms with Gasteiger partial charge in [0.25, 0.3) is 0 Å². The lowest BCUT2D eigenvalue weighted by Gasteiger charge is -2.17. The molecule has 0 fully saturated rings. The number of unbranched alkanes of at least 4 members (excludes halogenated alkanes) is 6. The van der Waals surface area contributed by atoms with Crippen LogP contribution in [-0.4, -0.2) is 24.8 Å². The molecule has 0 radical (unpaired) electrons. The number of ether oxygens (including phenoxy) is 2. The number of carbonyl (C=O) groups is 1. The minimum absolute atomic E-state index is 0.681. The molecule has 4 nitrogen and oxygen atoms in total. The Hall–Kier alpha value is -1.97. The van der Waals surface area contributed by atoms with Crippen molar-refractivity contribution in [1.29, 1.82) is 0 Å². The van der Waals surface area contributed by atoms with E-state index in [1.165, 1.54) is 38.2 Å². The predicted molar refractivity (Wildman–Crippen MR) is 107 cm³/mol. The third-order valence-corrected chi connectivity index (χ3v) is 4.41. The van der Waals surface area contributed by atoms with Crippen LogP contribution in [0.5, 0.6) is 11.5 Å². The summed E-state index contributed by atoms with van der Waals surface area (Å²) in [4.78, 5) is 10.8. The number of hydrogen-bond acceptors (Lipinski definition) is 3. The van der Waals surface area contributed by atoms with Crippen LogP contribution in [-0.2, 0) is 11.2 Å². The molecule has 0 saturated carbocycles. The van der Waals surface area contributed by atoms with Crippen LogP contribution in [0.25, 0.3) is 6.08 Å². The second-order valence-electron chi connectivity index (χ2n) is 6.56. The summed E-state index contributed by atoms with van der Waals surface area (Å²) in [5, 5.41) is 8.90. The van der Waals surface area contributed by atoms with Crippen LogP contribution in [0, 0.1) is 0 Å². The van der Waals surface area contributed by atoms with Crippen LogP contribution in [0.15, 0.2) is 18.2 Å². The van der Waals surface area contributed by atoms with Gasteiger partial charge in [-0.25, -0.2) is 4.79 Å². The van der Waals surface area contributed by atoms with E-state index in [-0.39, 0.29) is 0 Å². The van der Waals surface area contributed by atoms with Gasteiger partial charge in [0, 0.05) is 11.6 Å². The Kier molecular flexibility index (Phi) is 11.3. The molecule has 0 aromatic heterocycles. The molecule has 0 aliphatic carbocycles. The first-order valence-electron chi connectivity index (χ1n) is 9.87. The van der Waals surface area contributed by atoms with Crippen LogP contribution >= 0.6 is 0 Å². The Balaban J connectivity index is 2.80. The van der Waals surface area contributed by atoms with E-state index in [2.05, 4.69) is 13.8 Å². The highest BCUT2D eigenvalue weighted by molar-refractivity contribution is 5.86. The van der Waals surface area contributed by atoms with Crippen LogP contribution in [0.3, 0.4) is 0 Å². The molecule has 1 rings (SSSR count). The second kappa shape index (κ2) is 13.3. The van der Waals surface area contributed by atoms with Crippen molar-refractivity contribution in [2.24, 2.45) is 0 Å². The molecule has 1 aromatic rings. The van der Waals surface area contributed by atoms with Crippen LogP contribution in [0.4, 0.5) is 0 Å². The summed E-state index contributed by atoms with van der Waals surface area (Å²) in [7, 11) is 1.65. The molecule has 4 heteroatoms. The average Bonchev–Trinajstić information content (AvgIpc) is 2.64. The fourth-order valence-electron chi connectivity index (χ4n) is 2.95. The molecule has 146 valence electrons. The minimum atomic E-state index is -0.950. The first kappa shape index (κ1) is 22.1. The van der Waals surface area contributed by atoms with E-state index in [1.54, 1.807) is 13.2 Å². The number of rotatable bonds is 14. The van der Waals surface area contributed by atoms with Crippen molar-refractivity contribution in [1.82, 2.24) is 0 Å². The predicted octanol–water partition coefficient (Wildman–Crippen LogP) is 5.87. The Morgan fingerprint density at radius 1 is 1.04 bits per heavy atom. The molecule has 26 heavy (non-hydrogen) atoms. The van der Waals surface area contributed by atoms with Crippen LogP contribution < -0.4 is 9.47 Å². The summed E-state index contributed by atoms with van der Waals surface area (Å²) in [5.41, 5.74) is 1.90. The van der Waals surface area contributed by atoms with Gasteiger partial charge < -0.3 is 14.6 Å². The van der Waals surface area contributed by atoms with Gasteiger partial charge in [-0.2, -0.15) is 0 Å². The molecule has 1 N–H and O–H groups in total. The van der Waals surface area contributed by atoms with Gasteiger partial charge in [0.05, 0.1) is 13.7 Å². The molecular weight excluding hydrogens is 328 g/mol. The van der Waals surface area contributed by atoms with E-state index in [0.717, 1.165) is 48.3 Å². The van der Waals surface area contributed by atoms with Crippen molar-refractivity contribution < 1.29 is 19.4 Å². The minimum Gasteiger partial charge on any atom is -0.493 e. The number of hydrogen-bond donors (Lipinski definition) is 1. The molecule has 0 bridgehead atoms. The van der Waals surface area contributed by atoms with Gasteiger partial charge in [-0.1, -0.05) is 58.4 Å². The summed E-state index contributed by atoms with van der Waals surface area (Å²) in [6, 6.07) is 3.80. The normalized spacial score (nSPS) is 11.0. The summed E-state index contributed by atoms with van der Waals surface area (Å²) in [6.07, 6.45) is 13.1. The zero-order valence-corrected chi connectivity index (χ0v) is 16.6. The molecule has 0 spiro atoms. The summed E-state index contributed by atoms with van der Waals surface area (Å²) < 4.78 is 11.6. The lowest BCUT2D eigenvalue weighted by atomic mass is 9.99. The highest BCUT2D eigenvalue weighted by Gasteiger charge is 2.14. The maximum atomic E-state index is 10.8. The third-order valence-electron chi connectivity index (χ3n) is 4.41. The molecule has 1 aromatic carbocycles. The Morgan fingerprint density at radius 3 is 2.38 bits per heavy atom. The van der Waals surface area contributed by atoms with E-state index >= 15 is 0 Å². The van der Waals surface area contributed by atoms with Gasteiger partial charge >= 0.3 is 5.97 Å². The molecule has 0 aliphatic rings. The molecular formula is C22H34O4. The molecule has 0 amide bonds. The van der Waals surface area contributed by atoms with Gasteiger partial charge in [-0.05, 0) is 37.0 Å². The molecule has 0 heterocycles. The van der Waals surface area contributed by atoms with Crippen molar-refractivity contribution in [2.75, 3.05) is 13.7 Å². The summed E-state index contributed by atoms with van der Waals surface area (Å²) in [6.45, 7) is 5.04. The van der Waals surface area contributed by atoms with Gasteiger partial charge in [-0.15, -0.1) is 0 Å². The zero-order chi connectivity index (χ0) is 19.2. The molecule has 0 unspecified atom stereocenters. The fourth-order valence-corrected chi connectivity index (χ4v) is 2.95. The van der Waals surface area contributed by atoms with Gasteiger partial charge in [0.2, 0.25) is 0 Å². The van der Waals surface area contributed by atoms with Gasteiger partial charge in [-0.3, -0.25) is 0 Å². The lowest BCUT2D eigenvalue weighted by Crippen LogP contribution is -2.03. The van der Waals surface area contributed by atoms with Gasteiger partial charge in [0.1, 0.15) is 0 Å². The Morgan fingerprint density at radius 2 is 1.73 bits per heavy atom. The standard InChI is InChI=1S/C22H34O4/c1-4-6-8-9-10-11-17-26-20-15-13-18(14-16-21(23)24)19(12-7-5-2)22(20)25-3/h13-16H,4-12,17H2,1-3H3,(H,23,24)/b16-14+. The van der Waals surface area contributed by atoms with Crippen molar-refractivity contribution in [3.05, 3.63) is 29.3 Å². The number of carboxylic acid groups (broad SMARTS) is 1. The maximum Gasteiger partial charge on any atom is 0.328 e. The smallest absolute Gasteiger partial charge is 0.328 e. The van der Waals surface area contributed by atoms with Crippen LogP contribution in [0.2, 0.25) is 0 Å². The van der Waals surface area contributed by atoms with Crippen molar-refractivity contribution in [3.8, 4) is 11.5 Å². The second-order valence-corrected chi connectivity index (χ2v) is 6.56. The fraction of sp³-hybridized carbons (Fsp3) is 0.591. The average molecular weight is 363 g/mol. The highest BCUT2D eigenvalue weighted by Crippen LogP contribution is 2.35. The topological polar surface area (TPSA) is 55.8 Å². The Bertz CT molecular complexity index is 564. The molecule has 0 atom stereocenters. The highest BCUT2D eigenvalue weighted by atomic mass is 16.5. The quantitative estimate of drug-likeness (QED) is 0.332. The van der Waals surface area contributed by atoms with E-state index in [1.807, 2.05) is 12.1 Å². The number of aliphatic carboxylic acids is 1. The molecule has 0 aliphatic heterocycles. The lowest BCUT2D eigenvalue weighted by molar-refractivity contribution is -0.131. The largest absolute Gasteiger partial charge is 0.493 e. The maximum absolute atomic E-state index is 10.8. The molecule has 0 saturated heterocycles. The number of benzene rings is 1. The number of carboxylic acids is 1. The van der Waals surface area contributed by atoms with Crippen molar-refractivity contribution in [2.45, 2.75) is 71.6 Å². The Labute approximate surface area is 158 Å².